The van der Waals surface area contributed by atoms with Crippen LogP contribution < -0.4 is 4.90 Å². The Morgan fingerprint density at radius 1 is 1.21 bits per heavy atom. The fourth-order valence-corrected chi connectivity index (χ4v) is 2.37. The molecule has 1 fully saturated rings. The number of alkyl halides is 3. The van der Waals surface area contributed by atoms with Crippen LogP contribution >= 0.6 is 0 Å². The predicted octanol–water partition coefficient (Wildman–Crippen LogP) is 3.42. The number of carbonyl (C=O) groups is 1. The third-order valence-electron chi connectivity index (χ3n) is 3.45. The second kappa shape index (κ2) is 5.19. The van der Waals surface area contributed by atoms with Crippen molar-refractivity contribution in [3.8, 4) is 0 Å². The van der Waals surface area contributed by atoms with E-state index >= 15 is 0 Å². The van der Waals surface area contributed by atoms with Gasteiger partial charge >= 0.3 is 6.18 Å². The zero-order valence-electron chi connectivity index (χ0n) is 10.1. The van der Waals surface area contributed by atoms with Gasteiger partial charge < -0.3 is 4.90 Å². The van der Waals surface area contributed by atoms with E-state index in [2.05, 4.69) is 0 Å². The second-order valence-corrected chi connectivity index (χ2v) is 4.59. The zero-order valence-corrected chi connectivity index (χ0v) is 10.1. The van der Waals surface area contributed by atoms with Gasteiger partial charge in [0.2, 0.25) is 0 Å². The van der Waals surface area contributed by atoms with Gasteiger partial charge in [-0.25, -0.2) is 4.39 Å². The Morgan fingerprint density at radius 2 is 1.84 bits per heavy atom. The maximum Gasteiger partial charge on any atom is 0.391 e. The van der Waals surface area contributed by atoms with Crippen LogP contribution in [0.4, 0.5) is 23.2 Å². The summed E-state index contributed by atoms with van der Waals surface area (Å²) in [5, 5.41) is 0. The van der Waals surface area contributed by atoms with E-state index in [-0.39, 0.29) is 31.5 Å². The molecule has 0 bridgehead atoms. The molecule has 0 unspecified atom stereocenters. The predicted molar refractivity (Wildman–Crippen MR) is 62.8 cm³/mol. The molecule has 0 amide bonds. The number of hydrogen-bond donors (Lipinski definition) is 0. The number of carbonyl (C=O) groups excluding carboxylic acids is 1. The van der Waals surface area contributed by atoms with Gasteiger partial charge in [-0.1, -0.05) is 6.07 Å². The number of rotatable bonds is 2. The van der Waals surface area contributed by atoms with Gasteiger partial charge in [0, 0.05) is 13.1 Å². The maximum atomic E-state index is 13.4. The van der Waals surface area contributed by atoms with Crippen LogP contribution in [0, 0.1) is 11.7 Å². The lowest BCUT2D eigenvalue weighted by Gasteiger charge is -2.35. The first-order chi connectivity index (χ1) is 8.93. The molecule has 1 aromatic rings. The molecule has 2 rings (SSSR count). The topological polar surface area (TPSA) is 20.3 Å². The van der Waals surface area contributed by atoms with Crippen molar-refractivity contribution in [3.05, 3.63) is 29.6 Å². The number of piperidine rings is 1. The van der Waals surface area contributed by atoms with Gasteiger partial charge in [-0.3, -0.25) is 4.79 Å². The van der Waals surface area contributed by atoms with Gasteiger partial charge in [-0.15, -0.1) is 0 Å². The lowest BCUT2D eigenvalue weighted by Crippen LogP contribution is -2.39. The van der Waals surface area contributed by atoms with Crippen molar-refractivity contribution in [1.29, 1.82) is 0 Å². The number of nitrogens with zero attached hydrogens (tertiary/aromatic N) is 1. The van der Waals surface area contributed by atoms with Crippen LogP contribution in [0.15, 0.2) is 18.2 Å². The van der Waals surface area contributed by atoms with Crippen molar-refractivity contribution < 1.29 is 22.4 Å². The fraction of sp³-hybridized carbons (Fsp3) is 0.462. The summed E-state index contributed by atoms with van der Waals surface area (Å²) in [7, 11) is 0. The summed E-state index contributed by atoms with van der Waals surface area (Å²) in [6.45, 7) is 0.350. The lowest BCUT2D eigenvalue weighted by molar-refractivity contribution is -0.179. The molecular formula is C13H13F4NO. The summed E-state index contributed by atoms with van der Waals surface area (Å²) in [6, 6.07) is 4.17. The molecule has 0 N–H and O–H groups in total. The van der Waals surface area contributed by atoms with Gasteiger partial charge in [0.15, 0.2) is 6.29 Å². The molecule has 2 nitrogen and oxygen atoms in total. The average Bonchev–Trinajstić information content (AvgIpc) is 2.37. The summed E-state index contributed by atoms with van der Waals surface area (Å²) in [6.07, 6.45) is -3.83. The van der Waals surface area contributed by atoms with E-state index in [4.69, 9.17) is 0 Å². The van der Waals surface area contributed by atoms with E-state index in [9.17, 15) is 22.4 Å². The molecule has 0 saturated carbocycles. The summed E-state index contributed by atoms with van der Waals surface area (Å²) in [5.41, 5.74) is 0.281. The molecule has 1 aliphatic heterocycles. The lowest BCUT2D eigenvalue weighted by atomic mass is 9.95. The number of aldehydes is 1. The van der Waals surface area contributed by atoms with Crippen LogP contribution in [0.3, 0.4) is 0 Å². The van der Waals surface area contributed by atoms with Crippen molar-refractivity contribution in [2.75, 3.05) is 18.0 Å². The largest absolute Gasteiger partial charge is 0.391 e. The molecule has 6 heteroatoms. The van der Waals surface area contributed by atoms with Crippen LogP contribution in [0.5, 0.6) is 0 Å². The minimum absolute atomic E-state index is 0.0295. The SMILES string of the molecule is O=Cc1c(F)cccc1N1CCC(C(F)(F)F)CC1. The summed E-state index contributed by atoms with van der Waals surface area (Å²) >= 11 is 0. The first-order valence-corrected chi connectivity index (χ1v) is 5.99. The van der Waals surface area contributed by atoms with Crippen LogP contribution in [0.2, 0.25) is 0 Å². The monoisotopic (exact) mass is 275 g/mol. The smallest absolute Gasteiger partial charge is 0.371 e. The molecule has 0 aromatic heterocycles. The van der Waals surface area contributed by atoms with Gasteiger partial charge in [0.05, 0.1) is 17.2 Å². The van der Waals surface area contributed by atoms with Crippen molar-refractivity contribution >= 4 is 12.0 Å². The Bertz CT molecular complexity index is 464. The molecule has 0 radical (unpaired) electrons. The van der Waals surface area contributed by atoms with Crippen molar-refractivity contribution in [2.45, 2.75) is 19.0 Å². The molecule has 1 heterocycles. The zero-order chi connectivity index (χ0) is 14.0. The highest BCUT2D eigenvalue weighted by Gasteiger charge is 2.41. The van der Waals surface area contributed by atoms with E-state index in [1.54, 1.807) is 11.0 Å². The number of anilines is 1. The second-order valence-electron chi connectivity index (χ2n) is 4.59. The number of halogens is 4. The number of benzene rings is 1. The Balaban J connectivity index is 2.14. The highest BCUT2D eigenvalue weighted by Crippen LogP contribution is 2.36. The van der Waals surface area contributed by atoms with Crippen molar-refractivity contribution in [2.24, 2.45) is 5.92 Å². The van der Waals surface area contributed by atoms with E-state index < -0.39 is 17.9 Å². The van der Waals surface area contributed by atoms with Gasteiger partial charge in [-0.2, -0.15) is 13.2 Å². The standard InChI is InChI=1S/C13H13F4NO/c14-11-2-1-3-12(10(11)8-19)18-6-4-9(5-7-18)13(15,16)17/h1-3,8-9H,4-7H2. The van der Waals surface area contributed by atoms with Crippen LogP contribution in [0.1, 0.15) is 23.2 Å². The van der Waals surface area contributed by atoms with Crippen molar-refractivity contribution in [3.63, 3.8) is 0 Å². The summed E-state index contributed by atoms with van der Waals surface area (Å²) in [5.74, 6) is -1.96. The minimum Gasteiger partial charge on any atom is -0.371 e. The Hall–Kier alpha value is -1.59. The van der Waals surface area contributed by atoms with E-state index in [0.717, 1.165) is 6.07 Å². The Morgan fingerprint density at radius 3 is 2.37 bits per heavy atom. The minimum atomic E-state index is -4.18. The molecule has 0 atom stereocenters. The molecule has 1 aromatic carbocycles. The molecule has 19 heavy (non-hydrogen) atoms. The van der Waals surface area contributed by atoms with E-state index in [0.29, 0.717) is 12.0 Å². The van der Waals surface area contributed by atoms with Gasteiger partial charge in [0.1, 0.15) is 5.82 Å². The molecule has 104 valence electrons. The highest BCUT2D eigenvalue weighted by atomic mass is 19.4. The van der Waals surface area contributed by atoms with Crippen LogP contribution in [0.25, 0.3) is 0 Å². The van der Waals surface area contributed by atoms with Crippen LogP contribution in [-0.4, -0.2) is 25.6 Å². The summed E-state index contributed by atoms with van der Waals surface area (Å²) in [4.78, 5) is 12.5. The normalized spacial score (nSPS) is 17.6. The Kier molecular flexibility index (Phi) is 3.78. The van der Waals surface area contributed by atoms with Gasteiger partial charge in [-0.05, 0) is 25.0 Å². The fourth-order valence-electron chi connectivity index (χ4n) is 2.37. The first kappa shape index (κ1) is 13.8. The first-order valence-electron chi connectivity index (χ1n) is 5.99. The quantitative estimate of drug-likeness (QED) is 0.609. The molecule has 0 aliphatic carbocycles. The molecule has 1 saturated heterocycles. The molecule has 0 spiro atoms. The molecular weight excluding hydrogens is 262 g/mol. The molecule has 1 aliphatic rings. The highest BCUT2D eigenvalue weighted by molar-refractivity contribution is 5.85. The van der Waals surface area contributed by atoms with Crippen molar-refractivity contribution in [1.82, 2.24) is 0 Å². The number of hydrogen-bond acceptors (Lipinski definition) is 2. The average molecular weight is 275 g/mol. The maximum absolute atomic E-state index is 13.4. The summed E-state index contributed by atoms with van der Waals surface area (Å²) < 4.78 is 51.1. The van der Waals surface area contributed by atoms with Gasteiger partial charge in [0.25, 0.3) is 0 Å². The third-order valence-corrected chi connectivity index (χ3v) is 3.45. The Labute approximate surface area is 108 Å². The van der Waals surface area contributed by atoms with E-state index in [1.807, 2.05) is 0 Å². The third kappa shape index (κ3) is 2.88. The van der Waals surface area contributed by atoms with Crippen LogP contribution in [-0.2, 0) is 0 Å². The van der Waals surface area contributed by atoms with E-state index in [1.165, 1.54) is 6.07 Å².